The first-order chi connectivity index (χ1) is 9.72. The smallest absolute Gasteiger partial charge is 0.258 e. The molecule has 0 radical (unpaired) electrons. The number of aromatic amines is 1. The average Bonchev–Trinajstić information content (AvgIpc) is 2.47. The van der Waals surface area contributed by atoms with Gasteiger partial charge in [0.05, 0.1) is 10.9 Å². The van der Waals surface area contributed by atoms with Crippen LogP contribution in [-0.4, -0.2) is 9.97 Å². The maximum Gasteiger partial charge on any atom is 0.258 e. The van der Waals surface area contributed by atoms with E-state index in [0.717, 1.165) is 9.32 Å². The minimum absolute atomic E-state index is 0.142. The Hall–Kier alpha value is -1.89. The highest BCUT2D eigenvalue weighted by molar-refractivity contribution is 14.1. The maximum atomic E-state index is 11.9. The van der Waals surface area contributed by atoms with Gasteiger partial charge in [-0.2, -0.15) is 0 Å². The number of ether oxygens (including phenoxy) is 1. The molecule has 0 saturated heterocycles. The maximum absolute atomic E-state index is 11.9. The molecule has 1 N–H and O–H groups in total. The van der Waals surface area contributed by atoms with E-state index in [9.17, 15) is 4.79 Å². The Morgan fingerprint density at radius 3 is 2.65 bits per heavy atom. The van der Waals surface area contributed by atoms with Crippen molar-refractivity contribution in [2.45, 2.75) is 6.61 Å². The van der Waals surface area contributed by atoms with Crippen LogP contribution in [0.25, 0.3) is 10.9 Å². The highest BCUT2D eigenvalue weighted by Crippen LogP contribution is 2.14. The topological polar surface area (TPSA) is 55.0 Å². The Labute approximate surface area is 129 Å². The molecule has 3 rings (SSSR count). The van der Waals surface area contributed by atoms with Crippen LogP contribution in [0.1, 0.15) is 5.82 Å². The summed E-state index contributed by atoms with van der Waals surface area (Å²) in [5.41, 5.74) is 0.536. The summed E-state index contributed by atoms with van der Waals surface area (Å²) in [5.74, 6) is 1.27. The number of fused-ring (bicyclic) bond motifs is 1. The van der Waals surface area contributed by atoms with E-state index < -0.39 is 0 Å². The van der Waals surface area contributed by atoms with Crippen molar-refractivity contribution in [1.82, 2.24) is 9.97 Å². The van der Waals surface area contributed by atoms with Gasteiger partial charge in [-0.3, -0.25) is 4.79 Å². The third-order valence-corrected chi connectivity index (χ3v) is 3.57. The molecule has 100 valence electrons. The van der Waals surface area contributed by atoms with Crippen LogP contribution in [0, 0.1) is 3.57 Å². The number of hydrogen-bond donors (Lipinski definition) is 1. The van der Waals surface area contributed by atoms with E-state index in [0.29, 0.717) is 16.7 Å². The first-order valence-electron chi connectivity index (χ1n) is 6.09. The van der Waals surface area contributed by atoms with Crippen LogP contribution in [0.15, 0.2) is 53.3 Å². The monoisotopic (exact) mass is 378 g/mol. The van der Waals surface area contributed by atoms with Crippen molar-refractivity contribution >= 4 is 33.5 Å². The lowest BCUT2D eigenvalue weighted by atomic mass is 10.2. The molecule has 5 heteroatoms. The summed E-state index contributed by atoms with van der Waals surface area (Å²) in [6, 6.07) is 15.0. The van der Waals surface area contributed by atoms with Crippen molar-refractivity contribution in [2.24, 2.45) is 0 Å². The van der Waals surface area contributed by atoms with Crippen LogP contribution >= 0.6 is 22.6 Å². The highest BCUT2D eigenvalue weighted by Gasteiger charge is 2.03. The number of rotatable bonds is 3. The first-order valence-corrected chi connectivity index (χ1v) is 7.16. The molecule has 0 spiro atoms. The lowest BCUT2D eigenvalue weighted by molar-refractivity contribution is 0.296. The fraction of sp³-hybridized carbons (Fsp3) is 0.0667. The quantitative estimate of drug-likeness (QED) is 0.713. The SMILES string of the molecule is O=c1[nH]c(COc2ccc(I)cc2)nc2ccccc12. The summed E-state index contributed by atoms with van der Waals surface area (Å²) in [6.07, 6.45) is 0. The molecule has 0 amide bonds. The molecule has 0 aliphatic heterocycles. The van der Waals surface area contributed by atoms with Crippen molar-refractivity contribution in [3.8, 4) is 5.75 Å². The average molecular weight is 378 g/mol. The van der Waals surface area contributed by atoms with Gasteiger partial charge in [0.15, 0.2) is 0 Å². The van der Waals surface area contributed by atoms with Crippen LogP contribution in [-0.2, 0) is 6.61 Å². The number of nitrogens with one attached hydrogen (secondary N) is 1. The van der Waals surface area contributed by atoms with Crippen LogP contribution in [0.4, 0.5) is 0 Å². The van der Waals surface area contributed by atoms with Crippen molar-refractivity contribution in [3.05, 3.63) is 68.3 Å². The molecule has 0 aliphatic rings. The molecule has 20 heavy (non-hydrogen) atoms. The second kappa shape index (κ2) is 5.62. The number of benzene rings is 2. The van der Waals surface area contributed by atoms with E-state index in [-0.39, 0.29) is 12.2 Å². The second-order valence-electron chi connectivity index (χ2n) is 4.27. The Kier molecular flexibility index (Phi) is 3.68. The molecule has 2 aromatic carbocycles. The second-order valence-corrected chi connectivity index (χ2v) is 5.52. The van der Waals surface area contributed by atoms with Crippen molar-refractivity contribution < 1.29 is 4.74 Å². The molecule has 4 nitrogen and oxygen atoms in total. The lowest BCUT2D eigenvalue weighted by Crippen LogP contribution is -2.13. The summed E-state index contributed by atoms with van der Waals surface area (Å²) in [5, 5.41) is 0.588. The van der Waals surface area contributed by atoms with Crippen molar-refractivity contribution in [2.75, 3.05) is 0 Å². The molecule has 3 aromatic rings. The Morgan fingerprint density at radius 2 is 1.85 bits per heavy atom. The molecule has 0 aliphatic carbocycles. The standard InChI is InChI=1S/C15H11IN2O2/c16-10-5-7-11(8-6-10)20-9-14-17-13-4-2-1-3-12(13)15(19)18-14/h1-8H,9H2,(H,17,18,19). The van der Waals surface area contributed by atoms with E-state index in [1.807, 2.05) is 42.5 Å². The fourth-order valence-electron chi connectivity index (χ4n) is 1.89. The van der Waals surface area contributed by atoms with Gasteiger partial charge in [-0.05, 0) is 59.0 Å². The highest BCUT2D eigenvalue weighted by atomic mass is 127. The van der Waals surface area contributed by atoms with Gasteiger partial charge in [-0.1, -0.05) is 12.1 Å². The Balaban J connectivity index is 1.84. The summed E-state index contributed by atoms with van der Waals surface area (Å²) in [6.45, 7) is 0.237. The van der Waals surface area contributed by atoms with Crippen LogP contribution in [0.5, 0.6) is 5.75 Å². The van der Waals surface area contributed by atoms with E-state index >= 15 is 0 Å². The third-order valence-electron chi connectivity index (χ3n) is 2.85. The zero-order valence-electron chi connectivity index (χ0n) is 10.5. The summed E-state index contributed by atoms with van der Waals surface area (Å²) in [4.78, 5) is 19.0. The van der Waals surface area contributed by atoms with Crippen LogP contribution < -0.4 is 10.3 Å². The number of para-hydroxylation sites is 1. The fourth-order valence-corrected chi connectivity index (χ4v) is 2.25. The normalized spacial score (nSPS) is 10.7. The number of H-pyrrole nitrogens is 1. The predicted octanol–water partition coefficient (Wildman–Crippen LogP) is 3.11. The van der Waals surface area contributed by atoms with E-state index in [1.165, 1.54) is 0 Å². The third kappa shape index (κ3) is 2.82. The molecular formula is C15H11IN2O2. The number of hydrogen-bond acceptors (Lipinski definition) is 3. The predicted molar refractivity (Wildman–Crippen MR) is 85.9 cm³/mol. The van der Waals surface area contributed by atoms with Gasteiger partial charge in [0.1, 0.15) is 18.2 Å². The van der Waals surface area contributed by atoms with E-state index in [2.05, 4.69) is 32.6 Å². The Morgan fingerprint density at radius 1 is 1.10 bits per heavy atom. The molecule has 0 fully saturated rings. The summed E-state index contributed by atoms with van der Waals surface area (Å²) < 4.78 is 6.76. The van der Waals surface area contributed by atoms with Gasteiger partial charge in [-0.25, -0.2) is 4.98 Å². The van der Waals surface area contributed by atoms with Crippen molar-refractivity contribution in [3.63, 3.8) is 0 Å². The van der Waals surface area contributed by atoms with Gasteiger partial charge < -0.3 is 9.72 Å². The van der Waals surface area contributed by atoms with E-state index in [4.69, 9.17) is 4.74 Å². The minimum atomic E-state index is -0.142. The number of halogens is 1. The van der Waals surface area contributed by atoms with Crippen molar-refractivity contribution in [1.29, 1.82) is 0 Å². The first kappa shape index (κ1) is 13.1. The summed E-state index contributed by atoms with van der Waals surface area (Å²) in [7, 11) is 0. The van der Waals surface area contributed by atoms with Gasteiger partial charge in [0.2, 0.25) is 0 Å². The molecule has 1 aromatic heterocycles. The van der Waals surface area contributed by atoms with Gasteiger partial charge in [0.25, 0.3) is 5.56 Å². The largest absolute Gasteiger partial charge is 0.486 e. The summed E-state index contributed by atoms with van der Waals surface area (Å²) >= 11 is 2.23. The zero-order valence-corrected chi connectivity index (χ0v) is 12.6. The van der Waals surface area contributed by atoms with Crippen LogP contribution in [0.3, 0.4) is 0 Å². The van der Waals surface area contributed by atoms with Gasteiger partial charge in [0, 0.05) is 3.57 Å². The molecule has 0 unspecified atom stereocenters. The molecule has 0 saturated carbocycles. The molecular weight excluding hydrogens is 367 g/mol. The Bertz CT molecular complexity index is 797. The number of nitrogens with zero attached hydrogens (tertiary/aromatic N) is 1. The van der Waals surface area contributed by atoms with E-state index in [1.54, 1.807) is 6.07 Å². The minimum Gasteiger partial charge on any atom is -0.486 e. The van der Waals surface area contributed by atoms with Gasteiger partial charge >= 0.3 is 0 Å². The molecule has 1 heterocycles. The number of aromatic nitrogens is 2. The van der Waals surface area contributed by atoms with Gasteiger partial charge in [-0.15, -0.1) is 0 Å². The zero-order chi connectivity index (χ0) is 13.9. The van der Waals surface area contributed by atoms with Crippen LogP contribution in [0.2, 0.25) is 0 Å². The molecule has 0 bridgehead atoms. The lowest BCUT2D eigenvalue weighted by Gasteiger charge is -2.06. The molecule has 0 atom stereocenters.